The molecule has 0 bridgehead atoms. The zero-order valence-electron chi connectivity index (χ0n) is 19.2. The second-order valence-corrected chi connectivity index (χ2v) is 10.2. The van der Waals surface area contributed by atoms with Gasteiger partial charge in [-0.2, -0.15) is 5.10 Å². The summed E-state index contributed by atoms with van der Waals surface area (Å²) in [6, 6.07) is 14.0. The third kappa shape index (κ3) is 6.13. The summed E-state index contributed by atoms with van der Waals surface area (Å²) in [5.74, 6) is 0. The van der Waals surface area contributed by atoms with Gasteiger partial charge in [0.25, 0.3) is 21.4 Å². The third-order valence-corrected chi connectivity index (χ3v) is 7.21. The highest BCUT2D eigenvalue weighted by Crippen LogP contribution is 2.32. The van der Waals surface area contributed by atoms with Crippen LogP contribution in [0, 0.1) is 20.2 Å². The van der Waals surface area contributed by atoms with Crippen LogP contribution in [0.5, 0.6) is 0 Å². The largest absolute Gasteiger partial charge is 0.366 e. The zero-order chi connectivity index (χ0) is 26.6. The molecule has 1 heterocycles. The number of sulfonamides is 1. The molecule has 192 valence electrons. The summed E-state index contributed by atoms with van der Waals surface area (Å²) >= 11 is 5.88. The van der Waals surface area contributed by atoms with Crippen molar-refractivity contribution in [2.75, 3.05) is 28.1 Å². The van der Waals surface area contributed by atoms with E-state index in [4.69, 9.17) is 11.6 Å². The number of hydrazone groups is 1. The average molecular weight is 545 g/mol. The van der Waals surface area contributed by atoms with E-state index < -0.39 is 25.6 Å². The van der Waals surface area contributed by atoms with Crippen molar-refractivity contribution in [1.29, 1.82) is 0 Å². The Morgan fingerprint density at radius 2 is 1.68 bits per heavy atom. The van der Waals surface area contributed by atoms with Crippen LogP contribution in [0.15, 0.2) is 70.7 Å². The Morgan fingerprint density at radius 1 is 0.946 bits per heavy atom. The van der Waals surface area contributed by atoms with E-state index in [1.807, 2.05) is 4.90 Å². The molecule has 1 aliphatic heterocycles. The van der Waals surface area contributed by atoms with Crippen LogP contribution in [-0.2, 0) is 10.0 Å². The van der Waals surface area contributed by atoms with Gasteiger partial charge in [-0.1, -0.05) is 23.7 Å². The SMILES string of the molecule is O=[N+]([O-])c1cc(S(=O)(=O)Nc2cccc(Cl)c2)ccc1N/N=C/c1ccc(N2CCCC2)c([N+](=O)[O-])c1. The van der Waals surface area contributed by atoms with E-state index >= 15 is 0 Å². The Hall–Kier alpha value is -4.23. The molecule has 0 atom stereocenters. The summed E-state index contributed by atoms with van der Waals surface area (Å²) in [5, 5.41) is 27.5. The number of nitrogens with zero attached hydrogens (tertiary/aromatic N) is 4. The average Bonchev–Trinajstić information content (AvgIpc) is 3.38. The molecule has 0 saturated carbocycles. The first-order valence-corrected chi connectivity index (χ1v) is 12.9. The van der Waals surface area contributed by atoms with Crippen LogP contribution in [0.3, 0.4) is 0 Å². The van der Waals surface area contributed by atoms with Crippen molar-refractivity contribution >= 4 is 56.3 Å². The third-order valence-electron chi connectivity index (χ3n) is 5.59. The molecule has 1 aliphatic rings. The van der Waals surface area contributed by atoms with Crippen molar-refractivity contribution in [2.24, 2.45) is 5.10 Å². The van der Waals surface area contributed by atoms with Gasteiger partial charge in [0.05, 0.1) is 26.6 Å². The number of anilines is 3. The lowest BCUT2D eigenvalue weighted by atomic mass is 10.1. The van der Waals surface area contributed by atoms with E-state index in [1.54, 1.807) is 24.3 Å². The lowest BCUT2D eigenvalue weighted by Gasteiger charge is -2.17. The number of hydrogen-bond donors (Lipinski definition) is 2. The van der Waals surface area contributed by atoms with E-state index in [-0.39, 0.29) is 22.0 Å². The Kier molecular flexibility index (Phi) is 7.55. The molecule has 12 nitrogen and oxygen atoms in total. The quantitative estimate of drug-likeness (QED) is 0.216. The molecule has 0 aliphatic carbocycles. The van der Waals surface area contributed by atoms with Crippen LogP contribution in [0.25, 0.3) is 0 Å². The predicted octanol–water partition coefficient (Wildman–Crippen LogP) is 5.00. The van der Waals surface area contributed by atoms with Gasteiger partial charge in [0.15, 0.2) is 0 Å². The van der Waals surface area contributed by atoms with E-state index in [0.29, 0.717) is 16.3 Å². The summed E-state index contributed by atoms with van der Waals surface area (Å²) in [5.41, 5.74) is 3.01. The fourth-order valence-electron chi connectivity index (χ4n) is 3.86. The molecule has 0 radical (unpaired) electrons. The molecule has 4 rings (SSSR count). The fourth-order valence-corrected chi connectivity index (χ4v) is 5.12. The molecule has 3 aromatic carbocycles. The van der Waals surface area contributed by atoms with Gasteiger partial charge in [0.2, 0.25) is 0 Å². The molecule has 2 N–H and O–H groups in total. The van der Waals surface area contributed by atoms with Gasteiger partial charge in [0, 0.05) is 35.8 Å². The van der Waals surface area contributed by atoms with Crippen LogP contribution in [0.4, 0.5) is 28.4 Å². The molecular weight excluding hydrogens is 524 g/mol. The standard InChI is InChI=1S/C23H21ClN6O6S/c24-17-4-3-5-18(13-17)27-37(35,36)19-7-8-20(22(14-19)29(31)32)26-25-15-16-6-9-21(23(12-16)30(33)34)28-10-1-2-11-28/h3-9,12-15,26-27H,1-2,10-11H2/b25-15+. The van der Waals surface area contributed by atoms with Gasteiger partial charge in [-0.25, -0.2) is 8.42 Å². The smallest absolute Gasteiger partial charge is 0.295 e. The lowest BCUT2D eigenvalue weighted by molar-refractivity contribution is -0.384. The van der Waals surface area contributed by atoms with Gasteiger partial charge in [-0.3, -0.25) is 30.4 Å². The number of nitrogens with one attached hydrogen (secondary N) is 2. The molecule has 0 spiro atoms. The summed E-state index contributed by atoms with van der Waals surface area (Å²) < 4.78 is 27.8. The van der Waals surface area contributed by atoms with Crippen LogP contribution in [0.1, 0.15) is 18.4 Å². The highest BCUT2D eigenvalue weighted by atomic mass is 35.5. The zero-order valence-corrected chi connectivity index (χ0v) is 20.8. The highest BCUT2D eigenvalue weighted by molar-refractivity contribution is 7.92. The van der Waals surface area contributed by atoms with Crippen molar-refractivity contribution in [1.82, 2.24) is 0 Å². The molecule has 1 fully saturated rings. The Bertz CT molecular complexity index is 1490. The van der Waals surface area contributed by atoms with Gasteiger partial charge in [-0.15, -0.1) is 0 Å². The minimum atomic E-state index is -4.14. The second kappa shape index (κ2) is 10.8. The van der Waals surface area contributed by atoms with Crippen LogP contribution < -0.4 is 15.0 Å². The normalized spacial score (nSPS) is 13.6. The minimum Gasteiger partial charge on any atom is -0.366 e. The Balaban J connectivity index is 1.54. The second-order valence-electron chi connectivity index (χ2n) is 8.12. The molecular formula is C23H21ClN6O6S. The maximum Gasteiger partial charge on any atom is 0.295 e. The number of nitro groups is 2. The van der Waals surface area contributed by atoms with Crippen molar-refractivity contribution in [3.63, 3.8) is 0 Å². The molecule has 14 heteroatoms. The Morgan fingerprint density at radius 3 is 2.35 bits per heavy atom. The molecule has 1 saturated heterocycles. The first-order valence-electron chi connectivity index (χ1n) is 11.0. The van der Waals surface area contributed by atoms with Gasteiger partial charge in [-0.05, 0) is 49.2 Å². The highest BCUT2D eigenvalue weighted by Gasteiger charge is 2.23. The summed E-state index contributed by atoms with van der Waals surface area (Å²) in [6.07, 6.45) is 3.23. The maximum atomic E-state index is 12.7. The lowest BCUT2D eigenvalue weighted by Crippen LogP contribution is -2.19. The van der Waals surface area contributed by atoms with Crippen LogP contribution in [0.2, 0.25) is 5.02 Å². The first-order chi connectivity index (χ1) is 17.6. The Labute approximate surface area is 216 Å². The van der Waals surface area contributed by atoms with Crippen molar-refractivity contribution < 1.29 is 18.3 Å². The maximum absolute atomic E-state index is 12.7. The molecule has 0 amide bonds. The molecule has 3 aromatic rings. The van der Waals surface area contributed by atoms with Crippen LogP contribution in [-0.4, -0.2) is 37.6 Å². The van der Waals surface area contributed by atoms with E-state index in [9.17, 15) is 28.6 Å². The van der Waals surface area contributed by atoms with Gasteiger partial charge in [0.1, 0.15) is 11.4 Å². The number of rotatable bonds is 9. The van der Waals surface area contributed by atoms with Gasteiger partial charge >= 0.3 is 0 Å². The van der Waals surface area contributed by atoms with Crippen molar-refractivity contribution in [3.8, 4) is 0 Å². The van der Waals surface area contributed by atoms with Crippen molar-refractivity contribution in [2.45, 2.75) is 17.7 Å². The summed E-state index contributed by atoms with van der Waals surface area (Å²) in [6.45, 7) is 1.50. The van der Waals surface area contributed by atoms with Crippen LogP contribution >= 0.6 is 11.6 Å². The minimum absolute atomic E-state index is 0.0569. The topological polar surface area (TPSA) is 160 Å². The number of halogens is 1. The molecule has 0 aromatic heterocycles. The summed E-state index contributed by atoms with van der Waals surface area (Å²) in [4.78, 5) is 23.6. The predicted molar refractivity (Wildman–Crippen MR) is 141 cm³/mol. The van der Waals surface area contributed by atoms with Gasteiger partial charge < -0.3 is 4.90 Å². The molecule has 37 heavy (non-hydrogen) atoms. The molecule has 0 unspecified atom stereocenters. The number of hydrogen-bond acceptors (Lipinski definition) is 9. The van der Waals surface area contributed by atoms with Crippen molar-refractivity contribution in [3.05, 3.63) is 91.5 Å². The first kappa shape index (κ1) is 25.9. The van der Waals surface area contributed by atoms with E-state index in [2.05, 4.69) is 15.2 Å². The number of benzene rings is 3. The summed E-state index contributed by atoms with van der Waals surface area (Å²) in [7, 11) is -4.14. The fraction of sp³-hybridized carbons (Fsp3) is 0.174. The van der Waals surface area contributed by atoms with E-state index in [1.165, 1.54) is 36.5 Å². The van der Waals surface area contributed by atoms with E-state index in [0.717, 1.165) is 32.0 Å². The monoisotopic (exact) mass is 544 g/mol. The number of nitro benzene ring substituents is 2.